The molecule has 13 heteroatoms. The number of carbonyl (C=O) groups is 2. The lowest BCUT2D eigenvalue weighted by molar-refractivity contribution is -0.154. The molecule has 0 N–H and O–H groups in total. The molecule has 1 saturated heterocycles. The molecule has 2 aliphatic heterocycles. The minimum atomic E-state index is -4.76. The summed E-state index contributed by atoms with van der Waals surface area (Å²) in [5.41, 5.74) is -1.44. The number of alkyl halides is 3. The van der Waals surface area contributed by atoms with Crippen LogP contribution in [-0.4, -0.2) is 56.5 Å². The van der Waals surface area contributed by atoms with Crippen LogP contribution in [0.2, 0.25) is 0 Å². The molecule has 0 aromatic heterocycles. The van der Waals surface area contributed by atoms with Gasteiger partial charge in [-0.25, -0.2) is 8.42 Å². The van der Waals surface area contributed by atoms with Crippen molar-refractivity contribution in [3.05, 3.63) is 53.6 Å². The Morgan fingerprint density at radius 2 is 1.80 bits per heavy atom. The van der Waals surface area contributed by atoms with E-state index in [4.69, 9.17) is 14.7 Å². The molecule has 0 unspecified atom stereocenters. The molecule has 40 heavy (non-hydrogen) atoms. The lowest BCUT2D eigenvalue weighted by atomic mass is 10.0. The maximum Gasteiger partial charge on any atom is 0.416 e. The van der Waals surface area contributed by atoms with Gasteiger partial charge in [0.15, 0.2) is 0 Å². The molecule has 9 nitrogen and oxygen atoms in total. The Morgan fingerprint density at radius 1 is 1.10 bits per heavy atom. The van der Waals surface area contributed by atoms with Crippen LogP contribution in [0.25, 0.3) is 0 Å². The summed E-state index contributed by atoms with van der Waals surface area (Å²) in [5.74, 6) is -1.06. The summed E-state index contributed by atoms with van der Waals surface area (Å²) < 4.78 is 79.8. The van der Waals surface area contributed by atoms with Crippen LogP contribution in [0.4, 0.5) is 18.9 Å². The van der Waals surface area contributed by atoms with Gasteiger partial charge in [0.1, 0.15) is 17.5 Å². The maximum atomic E-state index is 13.7. The number of sulfonamides is 1. The number of fused-ring (bicyclic) bond motifs is 1. The molecular formula is C27H28F3N3O6S. The summed E-state index contributed by atoms with van der Waals surface area (Å²) >= 11 is 0. The molecule has 0 aliphatic carbocycles. The van der Waals surface area contributed by atoms with E-state index in [1.165, 1.54) is 17.0 Å². The molecule has 0 spiro atoms. The van der Waals surface area contributed by atoms with E-state index in [1.54, 1.807) is 26.8 Å². The third-order valence-corrected chi connectivity index (χ3v) is 8.07. The van der Waals surface area contributed by atoms with Crippen LogP contribution >= 0.6 is 0 Å². The van der Waals surface area contributed by atoms with Crippen LogP contribution in [0.1, 0.15) is 38.3 Å². The van der Waals surface area contributed by atoms with Gasteiger partial charge in [0.05, 0.1) is 47.5 Å². The number of amides is 1. The highest BCUT2D eigenvalue weighted by Gasteiger charge is 2.39. The average Bonchev–Trinajstić information content (AvgIpc) is 2.81. The first-order chi connectivity index (χ1) is 18.6. The Bertz CT molecular complexity index is 1460. The van der Waals surface area contributed by atoms with Gasteiger partial charge in [-0.05, 0) is 56.7 Å². The zero-order valence-corrected chi connectivity index (χ0v) is 22.9. The molecule has 1 atom stereocenters. The van der Waals surface area contributed by atoms with Crippen LogP contribution in [0.5, 0.6) is 5.75 Å². The number of esters is 1. The fraction of sp³-hybridized carbons (Fsp3) is 0.444. The molecule has 1 fully saturated rings. The number of rotatable bonds is 6. The molecule has 2 aliphatic rings. The first kappa shape index (κ1) is 29.2. The van der Waals surface area contributed by atoms with E-state index in [0.717, 1.165) is 22.5 Å². The summed E-state index contributed by atoms with van der Waals surface area (Å²) in [6, 6.07) is 9.88. The van der Waals surface area contributed by atoms with Crippen molar-refractivity contribution in [3.63, 3.8) is 0 Å². The standard InChI is InChI=1S/C27H28F3N3O6S/c1-26(2,3)39-25(35)10-17-7-8-23-22(9-17)33(16-20(38-23)12-24(34)32-14-18(13-31)15-32)40(36,37)21-6-4-5-19(11-21)27(28,29)30/h4-9,11,18,20H,10,12,14-16H2,1-3H3/t20-/m0/s1. The lowest BCUT2D eigenvalue weighted by Gasteiger charge is -2.39. The molecule has 1 amide bonds. The van der Waals surface area contributed by atoms with E-state index in [-0.39, 0.29) is 55.7 Å². The molecular weight excluding hydrogens is 551 g/mol. The minimum Gasteiger partial charge on any atom is -0.486 e. The number of nitriles is 1. The van der Waals surface area contributed by atoms with E-state index in [2.05, 4.69) is 6.07 Å². The Kier molecular flexibility index (Phi) is 7.77. The van der Waals surface area contributed by atoms with Gasteiger partial charge in [0, 0.05) is 13.1 Å². The largest absolute Gasteiger partial charge is 0.486 e. The quantitative estimate of drug-likeness (QED) is 0.476. The number of nitrogens with zero attached hydrogens (tertiary/aromatic N) is 3. The highest BCUT2D eigenvalue weighted by molar-refractivity contribution is 7.92. The Labute approximate surface area is 230 Å². The van der Waals surface area contributed by atoms with Crippen LogP contribution in [0.3, 0.4) is 0 Å². The number of likely N-dealkylation sites (tertiary alicyclic amines) is 1. The van der Waals surface area contributed by atoms with Crippen LogP contribution < -0.4 is 9.04 Å². The number of benzene rings is 2. The molecule has 0 saturated carbocycles. The summed E-state index contributed by atoms with van der Waals surface area (Å²) in [6.45, 7) is 5.28. The number of halogens is 3. The van der Waals surface area contributed by atoms with E-state index < -0.39 is 44.3 Å². The number of ether oxygens (including phenoxy) is 2. The fourth-order valence-electron chi connectivity index (χ4n) is 4.39. The zero-order valence-electron chi connectivity index (χ0n) is 22.1. The number of hydrogen-bond donors (Lipinski definition) is 0. The second-order valence-electron chi connectivity index (χ2n) is 10.7. The molecule has 214 valence electrons. The van der Waals surface area contributed by atoms with Crippen molar-refractivity contribution in [2.45, 2.75) is 56.4 Å². The van der Waals surface area contributed by atoms with Crippen molar-refractivity contribution >= 4 is 27.6 Å². The predicted molar refractivity (Wildman–Crippen MR) is 137 cm³/mol. The topological polar surface area (TPSA) is 117 Å². The summed E-state index contributed by atoms with van der Waals surface area (Å²) in [7, 11) is -4.56. The number of anilines is 1. The lowest BCUT2D eigenvalue weighted by Crippen LogP contribution is -2.52. The highest BCUT2D eigenvalue weighted by Crippen LogP contribution is 2.40. The van der Waals surface area contributed by atoms with Gasteiger partial charge in [0.25, 0.3) is 10.0 Å². The van der Waals surface area contributed by atoms with Gasteiger partial charge in [0.2, 0.25) is 5.91 Å². The third-order valence-electron chi connectivity index (χ3n) is 6.29. The predicted octanol–water partition coefficient (Wildman–Crippen LogP) is 3.92. The van der Waals surface area contributed by atoms with Gasteiger partial charge in [-0.2, -0.15) is 18.4 Å². The fourth-order valence-corrected chi connectivity index (χ4v) is 5.94. The van der Waals surface area contributed by atoms with E-state index in [1.807, 2.05) is 0 Å². The van der Waals surface area contributed by atoms with Gasteiger partial charge in [-0.1, -0.05) is 12.1 Å². The van der Waals surface area contributed by atoms with Crippen LogP contribution in [0.15, 0.2) is 47.4 Å². The SMILES string of the molecule is CC(C)(C)OC(=O)Cc1ccc2c(c1)N(S(=O)(=O)c1cccc(C(F)(F)F)c1)C[C@H](CC(=O)N1CC(C#N)C1)O2. The van der Waals surface area contributed by atoms with Gasteiger partial charge in [-0.3, -0.25) is 13.9 Å². The van der Waals surface area contributed by atoms with Crippen molar-refractivity contribution < 1.29 is 40.7 Å². The van der Waals surface area contributed by atoms with Crippen molar-refractivity contribution in [3.8, 4) is 11.8 Å². The van der Waals surface area contributed by atoms with Gasteiger partial charge >= 0.3 is 12.1 Å². The van der Waals surface area contributed by atoms with E-state index in [0.29, 0.717) is 11.6 Å². The summed E-state index contributed by atoms with van der Waals surface area (Å²) in [5, 5.41) is 8.97. The van der Waals surface area contributed by atoms with Crippen molar-refractivity contribution in [1.82, 2.24) is 4.90 Å². The van der Waals surface area contributed by atoms with Crippen molar-refractivity contribution in [1.29, 1.82) is 5.26 Å². The first-order valence-corrected chi connectivity index (χ1v) is 13.9. The van der Waals surface area contributed by atoms with E-state index in [9.17, 15) is 31.2 Å². The molecule has 2 heterocycles. The monoisotopic (exact) mass is 579 g/mol. The van der Waals surface area contributed by atoms with Gasteiger partial charge < -0.3 is 14.4 Å². The summed E-state index contributed by atoms with van der Waals surface area (Å²) in [4.78, 5) is 26.0. The van der Waals surface area contributed by atoms with Crippen LogP contribution in [-0.2, 0) is 36.9 Å². The van der Waals surface area contributed by atoms with Gasteiger partial charge in [-0.15, -0.1) is 0 Å². The Morgan fingerprint density at radius 3 is 2.42 bits per heavy atom. The zero-order chi connectivity index (χ0) is 29.5. The normalized spacial score (nSPS) is 17.8. The highest BCUT2D eigenvalue weighted by atomic mass is 32.2. The third kappa shape index (κ3) is 6.50. The van der Waals surface area contributed by atoms with Crippen LogP contribution in [0, 0.1) is 17.2 Å². The molecule has 4 rings (SSSR count). The Balaban J connectivity index is 1.68. The number of carbonyl (C=O) groups excluding carboxylic acids is 2. The minimum absolute atomic E-state index is 0.0238. The summed E-state index contributed by atoms with van der Waals surface area (Å²) in [6.07, 6.45) is -6.09. The van der Waals surface area contributed by atoms with E-state index >= 15 is 0 Å². The maximum absolute atomic E-state index is 13.7. The second-order valence-corrected chi connectivity index (χ2v) is 12.6. The Hall–Kier alpha value is -3.79. The molecule has 2 aromatic carbocycles. The van der Waals surface area contributed by atoms with Crippen molar-refractivity contribution in [2.24, 2.45) is 5.92 Å². The molecule has 2 aromatic rings. The van der Waals surface area contributed by atoms with Crippen molar-refractivity contribution in [2.75, 3.05) is 23.9 Å². The molecule has 0 radical (unpaired) electrons. The average molecular weight is 580 g/mol. The molecule has 0 bridgehead atoms. The first-order valence-electron chi connectivity index (χ1n) is 12.5. The smallest absolute Gasteiger partial charge is 0.416 e. The number of hydrogen-bond acceptors (Lipinski definition) is 7. The second kappa shape index (κ2) is 10.6.